The third-order valence-electron chi connectivity index (χ3n) is 12.9. The van der Waals surface area contributed by atoms with Gasteiger partial charge in [-0.3, -0.25) is 0 Å². The van der Waals surface area contributed by atoms with Crippen molar-refractivity contribution in [1.82, 2.24) is 0 Å². The number of hydrogen-bond donors (Lipinski definition) is 0. The fourth-order valence-corrected chi connectivity index (χ4v) is 10.3. The summed E-state index contributed by atoms with van der Waals surface area (Å²) < 4.78 is 0. The first kappa shape index (κ1) is 34.3. The van der Waals surface area contributed by atoms with Crippen LogP contribution < -0.4 is 4.90 Å². The number of hydrogen-bond acceptors (Lipinski definition) is 1. The molecular weight excluding hydrogens is 723 g/mol. The molecule has 10 aromatic rings. The molecule has 0 N–H and O–H groups in total. The molecule has 0 radical (unpaired) electrons. The number of rotatable bonds is 6. The van der Waals surface area contributed by atoms with Crippen molar-refractivity contribution in [2.24, 2.45) is 0 Å². The van der Waals surface area contributed by atoms with Gasteiger partial charge >= 0.3 is 0 Å². The molecule has 10 aromatic carbocycles. The zero-order valence-corrected chi connectivity index (χ0v) is 33.0. The second-order valence-corrected chi connectivity index (χ2v) is 16.0. The van der Waals surface area contributed by atoms with Gasteiger partial charge in [-0.25, -0.2) is 0 Å². The molecular formula is C59H39N. The van der Waals surface area contributed by atoms with Gasteiger partial charge in [0.15, 0.2) is 0 Å². The quantitative estimate of drug-likeness (QED) is 0.163. The molecule has 1 nitrogen and oxygen atoms in total. The number of nitrogens with zero attached hydrogens (tertiary/aromatic N) is 1. The van der Waals surface area contributed by atoms with Gasteiger partial charge < -0.3 is 4.90 Å². The summed E-state index contributed by atoms with van der Waals surface area (Å²) in [5.74, 6) is 0. The van der Waals surface area contributed by atoms with E-state index in [2.05, 4.69) is 241 Å². The summed E-state index contributed by atoms with van der Waals surface area (Å²) in [7, 11) is 0. The minimum atomic E-state index is -0.410. The predicted molar refractivity (Wildman–Crippen MR) is 251 cm³/mol. The highest BCUT2D eigenvalue weighted by molar-refractivity contribution is 5.99. The van der Waals surface area contributed by atoms with Crippen LogP contribution in [0.15, 0.2) is 237 Å². The molecule has 0 saturated heterocycles. The highest BCUT2D eigenvalue weighted by Crippen LogP contribution is 2.64. The van der Waals surface area contributed by atoms with Gasteiger partial charge in [-0.15, -0.1) is 0 Å². The van der Waals surface area contributed by atoms with Gasteiger partial charge in [-0.2, -0.15) is 0 Å². The Hall–Kier alpha value is -7.74. The van der Waals surface area contributed by atoms with Crippen molar-refractivity contribution in [1.29, 1.82) is 0 Å². The van der Waals surface area contributed by atoms with Gasteiger partial charge in [-0.1, -0.05) is 200 Å². The Bertz CT molecular complexity index is 3160. The molecule has 0 aromatic heterocycles. The van der Waals surface area contributed by atoms with Crippen molar-refractivity contribution in [3.63, 3.8) is 0 Å². The minimum Gasteiger partial charge on any atom is -0.311 e. The van der Waals surface area contributed by atoms with Crippen LogP contribution in [0.1, 0.15) is 22.3 Å². The van der Waals surface area contributed by atoms with Crippen LogP contribution in [-0.4, -0.2) is 0 Å². The molecule has 0 unspecified atom stereocenters. The molecule has 1 heteroatoms. The molecule has 0 aliphatic heterocycles. The molecule has 0 fully saturated rings. The molecule has 0 heterocycles. The summed E-state index contributed by atoms with van der Waals surface area (Å²) in [4.78, 5) is 2.38. The Balaban J connectivity index is 0.993. The van der Waals surface area contributed by atoms with Crippen LogP contribution in [0.4, 0.5) is 17.1 Å². The molecule has 2 aliphatic rings. The standard InChI is InChI=1S/C59H39N/c1-2-14-40(15-3-1)41-28-34-45(35-29-41)60(46-36-30-43(31-37-46)49-22-12-17-42-16-4-5-18-48(42)49)47-38-32-44(33-39-47)50-23-13-24-54-53-21-8-11-27-57(53)59(58(50)54)55-25-9-6-19-51(55)52-20-7-10-26-56(52)59/h1-39H. The topological polar surface area (TPSA) is 3.24 Å². The third kappa shape index (κ3) is 5.13. The second kappa shape index (κ2) is 13.7. The van der Waals surface area contributed by atoms with E-state index in [4.69, 9.17) is 0 Å². The van der Waals surface area contributed by atoms with Crippen molar-refractivity contribution in [3.05, 3.63) is 259 Å². The smallest absolute Gasteiger partial charge is 0.0731 e. The van der Waals surface area contributed by atoms with E-state index in [0.29, 0.717) is 0 Å². The summed E-state index contributed by atoms with van der Waals surface area (Å²) in [6.45, 7) is 0. The maximum Gasteiger partial charge on any atom is 0.0731 e. The normalized spacial score (nSPS) is 12.8. The van der Waals surface area contributed by atoms with E-state index in [0.717, 1.165) is 17.1 Å². The molecule has 0 amide bonds. The van der Waals surface area contributed by atoms with Crippen LogP contribution in [0.3, 0.4) is 0 Å². The lowest BCUT2D eigenvalue weighted by Gasteiger charge is -2.32. The zero-order chi connectivity index (χ0) is 39.6. The van der Waals surface area contributed by atoms with Crippen LogP contribution in [0, 0.1) is 0 Å². The molecule has 2 aliphatic carbocycles. The van der Waals surface area contributed by atoms with Gasteiger partial charge in [0.25, 0.3) is 0 Å². The van der Waals surface area contributed by atoms with Crippen LogP contribution in [0.25, 0.3) is 66.4 Å². The molecule has 12 rings (SSSR count). The van der Waals surface area contributed by atoms with Crippen LogP contribution in [0.5, 0.6) is 0 Å². The van der Waals surface area contributed by atoms with E-state index in [1.54, 1.807) is 0 Å². The van der Waals surface area contributed by atoms with E-state index in [1.165, 1.54) is 88.7 Å². The highest BCUT2D eigenvalue weighted by Gasteiger charge is 2.52. The van der Waals surface area contributed by atoms with Gasteiger partial charge in [0.1, 0.15) is 0 Å². The predicted octanol–water partition coefficient (Wildman–Crippen LogP) is 15.7. The Morgan fingerprint density at radius 3 is 1.23 bits per heavy atom. The van der Waals surface area contributed by atoms with Gasteiger partial charge in [0, 0.05) is 17.1 Å². The van der Waals surface area contributed by atoms with E-state index in [-0.39, 0.29) is 0 Å². The van der Waals surface area contributed by atoms with Crippen molar-refractivity contribution in [3.8, 4) is 55.6 Å². The summed E-state index contributed by atoms with van der Waals surface area (Å²) in [6.07, 6.45) is 0. The summed E-state index contributed by atoms with van der Waals surface area (Å²) in [6, 6.07) is 87.1. The molecule has 0 atom stereocenters. The van der Waals surface area contributed by atoms with Crippen molar-refractivity contribution in [2.75, 3.05) is 4.90 Å². The van der Waals surface area contributed by atoms with E-state index in [1.807, 2.05) is 0 Å². The van der Waals surface area contributed by atoms with Gasteiger partial charge in [-0.05, 0) is 125 Å². The van der Waals surface area contributed by atoms with Crippen LogP contribution >= 0.6 is 0 Å². The molecule has 280 valence electrons. The van der Waals surface area contributed by atoms with Crippen molar-refractivity contribution < 1.29 is 0 Å². The lowest BCUT2D eigenvalue weighted by molar-refractivity contribution is 0.796. The fraction of sp³-hybridized carbons (Fsp3) is 0.0169. The van der Waals surface area contributed by atoms with E-state index >= 15 is 0 Å². The Morgan fingerprint density at radius 2 is 0.633 bits per heavy atom. The Labute approximate surface area is 351 Å². The maximum absolute atomic E-state index is 2.38. The van der Waals surface area contributed by atoms with Gasteiger partial charge in [0.2, 0.25) is 0 Å². The first-order valence-corrected chi connectivity index (χ1v) is 20.8. The SMILES string of the molecule is c1ccc(-c2ccc(N(c3ccc(-c4cccc5c4C4(c6ccccc6-c6ccccc64)c4ccccc4-5)cc3)c3ccc(-c4cccc5ccccc45)cc3)cc2)cc1. The average Bonchev–Trinajstić information content (AvgIpc) is 3.80. The monoisotopic (exact) mass is 761 g/mol. The van der Waals surface area contributed by atoms with E-state index < -0.39 is 5.41 Å². The largest absolute Gasteiger partial charge is 0.311 e. The van der Waals surface area contributed by atoms with Crippen LogP contribution in [0.2, 0.25) is 0 Å². The zero-order valence-electron chi connectivity index (χ0n) is 33.0. The summed E-state index contributed by atoms with van der Waals surface area (Å²) in [5.41, 5.74) is 20.9. The maximum atomic E-state index is 2.38. The molecule has 0 bridgehead atoms. The highest BCUT2D eigenvalue weighted by atomic mass is 15.1. The van der Waals surface area contributed by atoms with Crippen LogP contribution in [-0.2, 0) is 5.41 Å². The molecule has 60 heavy (non-hydrogen) atoms. The average molecular weight is 762 g/mol. The Kier molecular flexibility index (Phi) is 7.83. The fourth-order valence-electron chi connectivity index (χ4n) is 10.3. The first-order chi connectivity index (χ1) is 29.8. The van der Waals surface area contributed by atoms with Crippen molar-refractivity contribution >= 4 is 27.8 Å². The third-order valence-corrected chi connectivity index (χ3v) is 12.9. The number of fused-ring (bicyclic) bond motifs is 11. The minimum absolute atomic E-state index is 0.410. The summed E-state index contributed by atoms with van der Waals surface area (Å²) >= 11 is 0. The Morgan fingerprint density at radius 1 is 0.250 bits per heavy atom. The van der Waals surface area contributed by atoms with E-state index in [9.17, 15) is 0 Å². The van der Waals surface area contributed by atoms with Gasteiger partial charge in [0.05, 0.1) is 5.41 Å². The lowest BCUT2D eigenvalue weighted by atomic mass is 9.68. The molecule has 1 spiro atoms. The second-order valence-electron chi connectivity index (χ2n) is 16.0. The van der Waals surface area contributed by atoms with Crippen molar-refractivity contribution in [2.45, 2.75) is 5.41 Å². The number of anilines is 3. The first-order valence-electron chi connectivity index (χ1n) is 20.8. The molecule has 0 saturated carbocycles. The number of benzene rings is 10. The lowest BCUT2D eigenvalue weighted by Crippen LogP contribution is -2.26. The summed E-state index contributed by atoms with van der Waals surface area (Å²) in [5, 5.41) is 2.51.